The highest BCUT2D eigenvalue weighted by molar-refractivity contribution is 5.05. The van der Waals surface area contributed by atoms with E-state index in [2.05, 4.69) is 32.0 Å². The number of aromatic nitrogens is 3. The van der Waals surface area contributed by atoms with Crippen LogP contribution in [0.25, 0.3) is 0 Å². The maximum absolute atomic E-state index is 5.70. The van der Waals surface area contributed by atoms with Crippen LogP contribution in [0.15, 0.2) is 8.94 Å². The van der Waals surface area contributed by atoms with E-state index >= 15 is 0 Å². The molecule has 1 aliphatic heterocycles. The van der Waals surface area contributed by atoms with Crippen molar-refractivity contribution in [1.82, 2.24) is 24.9 Å². The van der Waals surface area contributed by atoms with E-state index < -0.39 is 0 Å². The molecule has 130 valence electrons. The molecule has 0 amide bonds. The lowest BCUT2D eigenvalue weighted by molar-refractivity contribution is 0.209. The maximum atomic E-state index is 5.70. The minimum Gasteiger partial charge on any atom is -0.444 e. The van der Waals surface area contributed by atoms with Crippen LogP contribution in [-0.2, 0) is 13.1 Å². The van der Waals surface area contributed by atoms with Gasteiger partial charge in [-0.15, -0.1) is 0 Å². The molecular weight excluding hydrogens is 306 g/mol. The smallest absolute Gasteiger partial charge is 0.229 e. The fourth-order valence-corrected chi connectivity index (χ4v) is 3.29. The van der Waals surface area contributed by atoms with Crippen LogP contribution in [0.4, 0.5) is 0 Å². The lowest BCUT2D eigenvalue weighted by Crippen LogP contribution is -2.34. The zero-order valence-electron chi connectivity index (χ0n) is 14.7. The molecule has 0 unspecified atom stereocenters. The Hall–Kier alpha value is -1.73. The third-order valence-electron chi connectivity index (χ3n) is 5.10. The van der Waals surface area contributed by atoms with Gasteiger partial charge in [0.25, 0.3) is 0 Å². The maximum Gasteiger partial charge on any atom is 0.229 e. The third kappa shape index (κ3) is 3.37. The Morgan fingerprint density at radius 2 is 2.04 bits per heavy atom. The SMILES string of the molecule is Cc1nc(CN2CC[C@@H](N(C)Cc3noc(C4CC4)n3)C2)oc1C. The van der Waals surface area contributed by atoms with Crippen LogP contribution in [0, 0.1) is 13.8 Å². The first-order valence-electron chi connectivity index (χ1n) is 8.76. The molecule has 1 aliphatic carbocycles. The van der Waals surface area contributed by atoms with Crippen molar-refractivity contribution in [3.63, 3.8) is 0 Å². The van der Waals surface area contributed by atoms with Gasteiger partial charge in [-0.25, -0.2) is 4.98 Å². The molecule has 2 aromatic rings. The lowest BCUT2D eigenvalue weighted by Gasteiger charge is -2.22. The zero-order valence-corrected chi connectivity index (χ0v) is 14.7. The van der Waals surface area contributed by atoms with Crippen molar-refractivity contribution >= 4 is 0 Å². The first-order valence-corrected chi connectivity index (χ1v) is 8.76. The summed E-state index contributed by atoms with van der Waals surface area (Å²) in [5.41, 5.74) is 0.987. The first-order chi connectivity index (χ1) is 11.6. The molecule has 3 heterocycles. The normalized spacial score (nSPS) is 21.9. The molecule has 2 aromatic heterocycles. The highest BCUT2D eigenvalue weighted by Gasteiger charge is 2.31. The molecule has 0 bridgehead atoms. The van der Waals surface area contributed by atoms with Crippen LogP contribution in [0.2, 0.25) is 0 Å². The van der Waals surface area contributed by atoms with E-state index in [1.54, 1.807) is 0 Å². The van der Waals surface area contributed by atoms with E-state index in [9.17, 15) is 0 Å². The first kappa shape index (κ1) is 15.8. The van der Waals surface area contributed by atoms with E-state index in [1.165, 1.54) is 12.8 Å². The Balaban J connectivity index is 1.30. The summed E-state index contributed by atoms with van der Waals surface area (Å²) in [6.07, 6.45) is 3.52. The van der Waals surface area contributed by atoms with E-state index in [0.717, 1.165) is 61.7 Å². The van der Waals surface area contributed by atoms with E-state index in [1.807, 2.05) is 13.8 Å². The van der Waals surface area contributed by atoms with Gasteiger partial charge >= 0.3 is 0 Å². The number of nitrogens with zero attached hydrogens (tertiary/aromatic N) is 5. The summed E-state index contributed by atoms with van der Waals surface area (Å²) in [6, 6.07) is 0.505. The number of oxazole rings is 1. The number of hydrogen-bond donors (Lipinski definition) is 0. The van der Waals surface area contributed by atoms with Gasteiger partial charge < -0.3 is 8.94 Å². The van der Waals surface area contributed by atoms with Crippen molar-refractivity contribution in [2.75, 3.05) is 20.1 Å². The Bertz CT molecular complexity index is 686. The van der Waals surface area contributed by atoms with Crippen LogP contribution in [0.3, 0.4) is 0 Å². The second-order valence-electron chi connectivity index (χ2n) is 7.17. The second-order valence-corrected chi connectivity index (χ2v) is 7.17. The average molecular weight is 331 g/mol. The Labute approximate surface area is 142 Å². The second kappa shape index (κ2) is 6.29. The summed E-state index contributed by atoms with van der Waals surface area (Å²) in [5, 5.41) is 4.12. The molecule has 7 heteroatoms. The molecular formula is C17H25N5O2. The van der Waals surface area contributed by atoms with E-state index in [-0.39, 0.29) is 0 Å². The van der Waals surface area contributed by atoms with Gasteiger partial charge in [0.15, 0.2) is 5.82 Å². The van der Waals surface area contributed by atoms with Crippen LogP contribution < -0.4 is 0 Å². The van der Waals surface area contributed by atoms with Crippen LogP contribution in [-0.4, -0.2) is 51.1 Å². The summed E-state index contributed by atoms with van der Waals surface area (Å²) in [6.45, 7) is 7.56. The predicted molar refractivity (Wildman–Crippen MR) is 87.4 cm³/mol. The molecule has 1 saturated heterocycles. The molecule has 4 rings (SSSR count). The molecule has 0 aromatic carbocycles. The lowest BCUT2D eigenvalue weighted by atomic mass is 10.2. The van der Waals surface area contributed by atoms with Gasteiger partial charge in [0.1, 0.15) is 5.76 Å². The fourth-order valence-electron chi connectivity index (χ4n) is 3.29. The Morgan fingerprint density at radius 3 is 2.75 bits per heavy atom. The third-order valence-corrected chi connectivity index (χ3v) is 5.10. The molecule has 0 radical (unpaired) electrons. The minimum absolute atomic E-state index is 0.505. The van der Waals surface area contributed by atoms with Crippen molar-refractivity contribution in [1.29, 1.82) is 0 Å². The van der Waals surface area contributed by atoms with Crippen LogP contribution >= 0.6 is 0 Å². The van der Waals surface area contributed by atoms with Crippen molar-refractivity contribution in [3.05, 3.63) is 29.1 Å². The molecule has 1 atom stereocenters. The van der Waals surface area contributed by atoms with Gasteiger partial charge in [0, 0.05) is 25.0 Å². The van der Waals surface area contributed by atoms with Gasteiger partial charge in [-0.1, -0.05) is 5.16 Å². The molecule has 2 fully saturated rings. The topological polar surface area (TPSA) is 71.4 Å². The van der Waals surface area contributed by atoms with Gasteiger partial charge in [-0.05, 0) is 40.2 Å². The predicted octanol–water partition coefficient (Wildman–Crippen LogP) is 2.26. The highest BCUT2D eigenvalue weighted by Crippen LogP contribution is 2.38. The van der Waals surface area contributed by atoms with Gasteiger partial charge in [-0.2, -0.15) is 4.98 Å². The Morgan fingerprint density at radius 1 is 1.21 bits per heavy atom. The number of likely N-dealkylation sites (N-methyl/N-ethyl adjacent to an activating group) is 1. The minimum atomic E-state index is 0.505. The zero-order chi connectivity index (χ0) is 16.7. The van der Waals surface area contributed by atoms with Crippen LogP contribution in [0.5, 0.6) is 0 Å². The standard InChI is InChI=1S/C17H25N5O2/c1-11-12(2)23-16(18-11)10-22-7-6-14(8-22)21(3)9-15-19-17(24-20-15)13-4-5-13/h13-14H,4-10H2,1-3H3/t14-/m1/s1. The molecule has 0 spiro atoms. The summed E-state index contributed by atoms with van der Waals surface area (Å²) in [5.74, 6) is 3.88. The molecule has 0 N–H and O–H groups in total. The van der Waals surface area contributed by atoms with Crippen molar-refractivity contribution in [2.24, 2.45) is 0 Å². The molecule has 1 saturated carbocycles. The molecule has 24 heavy (non-hydrogen) atoms. The van der Waals surface area contributed by atoms with E-state index in [0.29, 0.717) is 12.0 Å². The quantitative estimate of drug-likeness (QED) is 0.804. The number of hydrogen-bond acceptors (Lipinski definition) is 7. The van der Waals surface area contributed by atoms with Crippen molar-refractivity contribution in [3.8, 4) is 0 Å². The average Bonchev–Trinajstić information content (AvgIpc) is 2.97. The Kier molecular flexibility index (Phi) is 4.14. The monoisotopic (exact) mass is 331 g/mol. The van der Waals surface area contributed by atoms with Crippen LogP contribution in [0.1, 0.15) is 54.2 Å². The highest BCUT2D eigenvalue weighted by atomic mass is 16.5. The summed E-state index contributed by atoms with van der Waals surface area (Å²) in [7, 11) is 2.14. The number of rotatable bonds is 6. The van der Waals surface area contributed by atoms with Crippen molar-refractivity contribution in [2.45, 2.75) is 58.2 Å². The largest absolute Gasteiger partial charge is 0.444 e. The van der Waals surface area contributed by atoms with Crippen molar-refractivity contribution < 1.29 is 8.94 Å². The molecule has 2 aliphatic rings. The fraction of sp³-hybridized carbons (Fsp3) is 0.706. The number of likely N-dealkylation sites (tertiary alicyclic amines) is 1. The summed E-state index contributed by atoms with van der Waals surface area (Å²) in [4.78, 5) is 13.7. The van der Waals surface area contributed by atoms with Gasteiger partial charge in [-0.3, -0.25) is 9.80 Å². The van der Waals surface area contributed by atoms with Gasteiger partial charge in [0.2, 0.25) is 11.8 Å². The number of aryl methyl sites for hydroxylation is 2. The summed E-state index contributed by atoms with van der Waals surface area (Å²) < 4.78 is 11.0. The summed E-state index contributed by atoms with van der Waals surface area (Å²) >= 11 is 0. The van der Waals surface area contributed by atoms with E-state index in [4.69, 9.17) is 8.94 Å². The molecule has 7 nitrogen and oxygen atoms in total. The van der Waals surface area contributed by atoms with Gasteiger partial charge in [0.05, 0.1) is 18.8 Å².